The maximum absolute atomic E-state index is 15.2. The Kier molecular flexibility index (Phi) is 11.3. The van der Waals surface area contributed by atoms with Crippen LogP contribution in [0.15, 0.2) is 51.1 Å². The van der Waals surface area contributed by atoms with E-state index >= 15 is 8.78 Å². The van der Waals surface area contributed by atoms with Crippen molar-refractivity contribution in [1.29, 1.82) is 0 Å². The van der Waals surface area contributed by atoms with Crippen LogP contribution in [0.4, 0.5) is 39.5 Å². The van der Waals surface area contributed by atoms with Gasteiger partial charge in [-0.2, -0.15) is 47.9 Å². The molecule has 23 heteroatoms. The van der Waals surface area contributed by atoms with Gasteiger partial charge >= 0.3 is 33.4 Å². The van der Waals surface area contributed by atoms with Crippen molar-refractivity contribution in [2.75, 3.05) is 0 Å². The van der Waals surface area contributed by atoms with E-state index in [2.05, 4.69) is 0 Å². The van der Waals surface area contributed by atoms with Crippen LogP contribution in [0.25, 0.3) is 0 Å². The van der Waals surface area contributed by atoms with E-state index in [1.807, 2.05) is 0 Å². The quantitative estimate of drug-likeness (QED) is 0.212. The summed E-state index contributed by atoms with van der Waals surface area (Å²) in [5, 5.41) is -13.2. The van der Waals surface area contributed by atoms with Crippen molar-refractivity contribution in [3.05, 3.63) is 81.6 Å². The van der Waals surface area contributed by atoms with E-state index in [9.17, 15) is 39.2 Å². The summed E-state index contributed by atoms with van der Waals surface area (Å²) in [6.07, 6.45) is -7.40. The van der Waals surface area contributed by atoms with Crippen LogP contribution in [0.1, 0.15) is 0 Å². The molecule has 0 aliphatic rings. The van der Waals surface area contributed by atoms with E-state index in [1.165, 1.54) is 0 Å². The fraction of sp³-hybridized carbons (Fsp3) is 0.182. The molecule has 0 saturated carbocycles. The molecule has 0 spiro atoms. The summed E-state index contributed by atoms with van der Waals surface area (Å²) >= 11 is 55.6. The van der Waals surface area contributed by atoms with Gasteiger partial charge in [0.2, 0.25) is 0 Å². The van der Waals surface area contributed by atoms with Crippen LogP contribution in [-0.4, -0.2) is 31.7 Å². The second-order valence-corrected chi connectivity index (χ2v) is 16.4. The molecule has 45 heavy (non-hydrogen) atoms. The van der Waals surface area contributed by atoms with Crippen LogP contribution in [0.2, 0.25) is 45.2 Å². The summed E-state index contributed by atoms with van der Waals surface area (Å²) in [4.78, 5) is -2.96. The Morgan fingerprint density at radius 2 is 0.711 bits per heavy atom. The smallest absolute Gasteiger partial charge is 0.202 e. The van der Waals surface area contributed by atoms with Crippen molar-refractivity contribution in [2.24, 2.45) is 0 Å². The van der Waals surface area contributed by atoms with Gasteiger partial charge < -0.3 is 0 Å². The second-order valence-electron chi connectivity index (χ2n) is 8.34. The van der Waals surface area contributed by atoms with Gasteiger partial charge in [-0.3, -0.25) is 0 Å². The third-order valence-electron chi connectivity index (χ3n) is 5.37. The molecule has 0 aromatic heterocycles. The largest absolute Gasteiger partial charge is 0.460 e. The molecule has 250 valence electrons. The lowest BCUT2D eigenvalue weighted by Crippen LogP contribution is -2.63. The molecule has 0 amide bonds. The Balaban J connectivity index is 2.69. The Morgan fingerprint density at radius 1 is 0.467 bits per heavy atom. The number of hydrogen-bond donors (Lipinski definition) is 0. The second kappa shape index (κ2) is 13.0. The Bertz CT molecular complexity index is 1580. The molecule has 3 nitrogen and oxygen atoms in total. The average Bonchev–Trinajstić information content (AvgIpc) is 2.80. The number of halogens is 18. The first-order valence-corrected chi connectivity index (χ1v) is 17.0. The SMILES string of the molecule is O=S(=O)(OS(c1c(Cl)cc(Cl)cc1Cl)(c1c(Cl)cc(Cl)cc1Cl)c1c(Cl)cc(Cl)cc1Cl)C(F)(F)C(F)(F)C(F)(F)C(F)(F)F. The lowest BCUT2D eigenvalue weighted by molar-refractivity contribution is -0.382. The lowest BCUT2D eigenvalue weighted by atomic mass is 10.1. The van der Waals surface area contributed by atoms with Gasteiger partial charge in [-0.1, -0.05) is 104 Å². The molecule has 0 unspecified atom stereocenters. The van der Waals surface area contributed by atoms with Crippen molar-refractivity contribution < 1.29 is 51.6 Å². The van der Waals surface area contributed by atoms with E-state index in [4.69, 9.17) is 108 Å². The number of alkyl halides is 9. The first kappa shape index (κ1) is 39.3. The third-order valence-corrected chi connectivity index (χ3v) is 14.0. The Morgan fingerprint density at radius 3 is 0.933 bits per heavy atom. The van der Waals surface area contributed by atoms with Gasteiger partial charge in [0.1, 0.15) is 0 Å². The van der Waals surface area contributed by atoms with Crippen molar-refractivity contribution in [3.8, 4) is 0 Å². The fourth-order valence-electron chi connectivity index (χ4n) is 3.51. The van der Waals surface area contributed by atoms with Gasteiger partial charge in [0.25, 0.3) is 0 Å². The normalized spacial score (nSPS) is 14.2. The first-order chi connectivity index (χ1) is 20.2. The molecule has 3 rings (SSSR count). The van der Waals surface area contributed by atoms with E-state index in [0.29, 0.717) is 0 Å². The molecule has 3 aromatic rings. The summed E-state index contributed by atoms with van der Waals surface area (Å²) in [6, 6.07) is 4.76. The van der Waals surface area contributed by atoms with E-state index in [-0.39, 0.29) is 15.1 Å². The lowest BCUT2D eigenvalue weighted by Gasteiger charge is -2.43. The summed E-state index contributed by atoms with van der Waals surface area (Å²) in [6.45, 7) is 0. The predicted octanol–water partition coefficient (Wildman–Crippen LogP) is 13.5. The molecule has 0 atom stereocenters. The van der Waals surface area contributed by atoms with Gasteiger partial charge in [-0.25, -0.2) is 3.63 Å². The minimum Gasteiger partial charge on any atom is -0.202 e. The zero-order valence-corrected chi connectivity index (χ0v) is 28.7. The number of benzene rings is 3. The third kappa shape index (κ3) is 6.62. The van der Waals surface area contributed by atoms with Crippen LogP contribution < -0.4 is 0 Å². The monoisotopic (exact) mass is 868 g/mol. The molecule has 3 aromatic carbocycles. The number of rotatable bonds is 8. The van der Waals surface area contributed by atoms with E-state index < -0.39 is 88.5 Å². The van der Waals surface area contributed by atoms with Crippen molar-refractivity contribution in [1.82, 2.24) is 0 Å². The molecule has 0 saturated heterocycles. The van der Waals surface area contributed by atoms with Crippen LogP contribution >= 0.6 is 115 Å². The zero-order chi connectivity index (χ0) is 34.9. The first-order valence-electron chi connectivity index (χ1n) is 10.6. The molecular weight excluding hydrogens is 866 g/mol. The van der Waals surface area contributed by atoms with Gasteiger partial charge in [0, 0.05) is 15.1 Å². The van der Waals surface area contributed by atoms with E-state index in [1.54, 1.807) is 0 Å². The van der Waals surface area contributed by atoms with Crippen molar-refractivity contribution in [2.45, 2.75) is 38.0 Å². The molecule has 0 radical (unpaired) electrons. The molecule has 0 fully saturated rings. The highest BCUT2D eigenvalue weighted by atomic mass is 35.5. The molecule has 0 heterocycles. The molecule has 0 aliphatic carbocycles. The van der Waals surface area contributed by atoms with Crippen LogP contribution in [0, 0.1) is 0 Å². The van der Waals surface area contributed by atoms with Crippen LogP contribution in [0.5, 0.6) is 0 Å². The maximum Gasteiger partial charge on any atom is 0.460 e. The summed E-state index contributed by atoms with van der Waals surface area (Å²) < 4.78 is 157. The molecule has 0 N–H and O–H groups in total. The summed E-state index contributed by atoms with van der Waals surface area (Å²) in [7, 11) is -12.9. The van der Waals surface area contributed by atoms with Crippen molar-refractivity contribution in [3.63, 3.8) is 0 Å². The van der Waals surface area contributed by atoms with Gasteiger partial charge in [0.05, 0.1) is 44.8 Å². The highest BCUT2D eigenvalue weighted by molar-refractivity contribution is 8.33. The standard InChI is InChI=1S/C22H6Cl9F9O3S2/c23-7-1-10(26)16(11(27)2-7)44(17-12(28)3-8(24)4-13(17)29,18-14(30)5-9(25)6-15(18)31)43-45(41,42)22(39,40)20(34,35)19(32,33)21(36,37)38/h1-6H. The molecule has 0 aliphatic heterocycles. The predicted molar refractivity (Wildman–Crippen MR) is 158 cm³/mol. The Labute approximate surface area is 293 Å². The Hall–Kier alpha value is -0.100. The van der Waals surface area contributed by atoms with Gasteiger partial charge in [0.15, 0.2) is 0 Å². The highest BCUT2D eigenvalue weighted by Crippen LogP contribution is 2.78. The van der Waals surface area contributed by atoms with E-state index in [0.717, 1.165) is 36.4 Å². The highest BCUT2D eigenvalue weighted by Gasteiger charge is 2.86. The summed E-state index contributed by atoms with van der Waals surface area (Å²) in [5.41, 5.74) is 0. The van der Waals surface area contributed by atoms with Crippen molar-refractivity contribution >= 4 is 125 Å². The number of hydrogen-bond acceptors (Lipinski definition) is 3. The molecular formula is C22H6Cl9F9O3S2. The maximum atomic E-state index is 15.2. The minimum atomic E-state index is -7.77. The zero-order valence-electron chi connectivity index (χ0n) is 20.3. The molecule has 0 bridgehead atoms. The van der Waals surface area contributed by atoms with Crippen LogP contribution in [-0.2, 0) is 13.7 Å². The summed E-state index contributed by atoms with van der Waals surface area (Å²) in [5.74, 6) is -15.4. The average molecular weight is 872 g/mol. The topological polar surface area (TPSA) is 43.4 Å². The van der Waals surface area contributed by atoms with Gasteiger partial charge in [-0.05, 0) is 46.7 Å². The van der Waals surface area contributed by atoms with Gasteiger partial charge in [-0.15, -0.1) is 0 Å². The minimum absolute atomic E-state index is 0.312. The fourth-order valence-corrected chi connectivity index (χ4v) is 13.2. The van der Waals surface area contributed by atoms with Crippen LogP contribution in [0.3, 0.4) is 0 Å².